The van der Waals surface area contributed by atoms with E-state index in [1.54, 1.807) is 10.9 Å². The van der Waals surface area contributed by atoms with Crippen molar-refractivity contribution in [2.75, 3.05) is 0 Å². The molecule has 0 amide bonds. The fourth-order valence-corrected chi connectivity index (χ4v) is 2.29. The molecule has 2 aromatic rings. The molecule has 0 saturated carbocycles. The quantitative estimate of drug-likeness (QED) is 0.790. The van der Waals surface area contributed by atoms with Gasteiger partial charge < -0.3 is 9.31 Å². The monoisotopic (exact) mass is 285 g/mol. The number of aryl methyl sites for hydroxylation is 1. The molecule has 110 valence electrons. The van der Waals surface area contributed by atoms with Crippen LogP contribution in [0.3, 0.4) is 0 Å². The summed E-state index contributed by atoms with van der Waals surface area (Å²) in [6.07, 6.45) is 1.74. The van der Waals surface area contributed by atoms with Crippen LogP contribution in [0.5, 0.6) is 0 Å². The molecule has 3 rings (SSSR count). The molecule has 0 unspecified atom stereocenters. The molecule has 0 radical (unpaired) electrons. The standard InChI is InChI=1S/C15H20BN3O2/c1-11-10-17-18-19(11)13-8-6-12(7-9-13)16-20-14(2,3)15(4,5)21-16/h6-10H,1-5H3. The number of benzene rings is 1. The van der Waals surface area contributed by atoms with E-state index in [4.69, 9.17) is 9.31 Å². The Balaban J connectivity index is 1.85. The van der Waals surface area contributed by atoms with Gasteiger partial charge in [-0.15, -0.1) is 5.10 Å². The maximum Gasteiger partial charge on any atom is 0.494 e. The lowest BCUT2D eigenvalue weighted by Gasteiger charge is -2.32. The number of rotatable bonds is 2. The zero-order valence-corrected chi connectivity index (χ0v) is 13.1. The van der Waals surface area contributed by atoms with Crippen molar-refractivity contribution >= 4 is 12.6 Å². The highest BCUT2D eigenvalue weighted by Crippen LogP contribution is 2.36. The van der Waals surface area contributed by atoms with Crippen molar-refractivity contribution < 1.29 is 9.31 Å². The highest BCUT2D eigenvalue weighted by molar-refractivity contribution is 6.62. The number of nitrogens with zero attached hydrogens (tertiary/aromatic N) is 3. The van der Waals surface area contributed by atoms with Gasteiger partial charge in [-0.05, 0) is 52.2 Å². The molecule has 0 bridgehead atoms. The third-order valence-corrected chi connectivity index (χ3v) is 4.38. The Morgan fingerprint density at radius 1 is 1.00 bits per heavy atom. The van der Waals surface area contributed by atoms with E-state index in [2.05, 4.69) is 38.0 Å². The fraction of sp³-hybridized carbons (Fsp3) is 0.467. The van der Waals surface area contributed by atoms with Crippen LogP contribution < -0.4 is 5.46 Å². The molecular weight excluding hydrogens is 265 g/mol. The molecule has 5 nitrogen and oxygen atoms in total. The summed E-state index contributed by atoms with van der Waals surface area (Å²) in [5.74, 6) is 0. The van der Waals surface area contributed by atoms with Crippen LogP contribution >= 0.6 is 0 Å². The van der Waals surface area contributed by atoms with Crippen molar-refractivity contribution in [1.29, 1.82) is 0 Å². The molecule has 1 aliphatic heterocycles. The Bertz CT molecular complexity index is 633. The van der Waals surface area contributed by atoms with Gasteiger partial charge in [-0.3, -0.25) is 0 Å². The van der Waals surface area contributed by atoms with Crippen LogP contribution in [-0.2, 0) is 9.31 Å². The number of aromatic nitrogens is 3. The molecule has 0 spiro atoms. The minimum atomic E-state index is -0.333. The Hall–Kier alpha value is -1.66. The second-order valence-corrected chi connectivity index (χ2v) is 6.47. The van der Waals surface area contributed by atoms with Crippen molar-refractivity contribution in [1.82, 2.24) is 15.0 Å². The Labute approximate surface area is 125 Å². The third-order valence-electron chi connectivity index (χ3n) is 4.38. The number of hydrogen-bond acceptors (Lipinski definition) is 4. The largest absolute Gasteiger partial charge is 0.494 e. The summed E-state index contributed by atoms with van der Waals surface area (Å²) in [7, 11) is -0.333. The third kappa shape index (κ3) is 2.38. The van der Waals surface area contributed by atoms with Gasteiger partial charge in [0, 0.05) is 0 Å². The van der Waals surface area contributed by atoms with E-state index >= 15 is 0 Å². The minimum absolute atomic E-state index is 0.321. The van der Waals surface area contributed by atoms with E-state index in [1.165, 1.54) is 0 Å². The van der Waals surface area contributed by atoms with E-state index in [0.717, 1.165) is 16.8 Å². The molecule has 0 aliphatic carbocycles. The minimum Gasteiger partial charge on any atom is -0.399 e. The topological polar surface area (TPSA) is 49.2 Å². The van der Waals surface area contributed by atoms with Crippen molar-refractivity contribution in [3.8, 4) is 5.69 Å². The number of hydrogen-bond donors (Lipinski definition) is 0. The molecule has 1 aromatic heterocycles. The van der Waals surface area contributed by atoms with E-state index < -0.39 is 0 Å². The molecule has 1 fully saturated rings. The maximum absolute atomic E-state index is 6.05. The maximum atomic E-state index is 6.05. The SMILES string of the molecule is Cc1cnnn1-c1ccc(B2OC(C)(C)C(C)(C)O2)cc1. The van der Waals surface area contributed by atoms with Gasteiger partial charge in [0.1, 0.15) is 0 Å². The molecule has 0 N–H and O–H groups in total. The van der Waals surface area contributed by atoms with Gasteiger partial charge in [-0.25, -0.2) is 4.68 Å². The second kappa shape index (κ2) is 4.68. The first-order valence-electron chi connectivity index (χ1n) is 7.13. The normalized spacial score (nSPS) is 20.0. The lowest BCUT2D eigenvalue weighted by molar-refractivity contribution is 0.00578. The highest BCUT2D eigenvalue weighted by Gasteiger charge is 2.51. The Morgan fingerprint density at radius 2 is 1.57 bits per heavy atom. The van der Waals surface area contributed by atoms with E-state index in [0.29, 0.717) is 0 Å². The van der Waals surface area contributed by atoms with Gasteiger partial charge in [-0.2, -0.15) is 0 Å². The van der Waals surface area contributed by atoms with Gasteiger partial charge in [0.15, 0.2) is 0 Å². The average Bonchev–Trinajstić information content (AvgIpc) is 2.92. The lowest BCUT2D eigenvalue weighted by atomic mass is 9.79. The predicted molar refractivity (Wildman–Crippen MR) is 81.8 cm³/mol. The second-order valence-electron chi connectivity index (χ2n) is 6.47. The van der Waals surface area contributed by atoms with Crippen molar-refractivity contribution in [2.24, 2.45) is 0 Å². The molecule has 1 saturated heterocycles. The van der Waals surface area contributed by atoms with E-state index in [1.807, 2.05) is 31.2 Å². The van der Waals surface area contributed by atoms with Gasteiger partial charge in [-0.1, -0.05) is 17.3 Å². The fourth-order valence-electron chi connectivity index (χ4n) is 2.29. The molecule has 6 heteroatoms. The van der Waals surface area contributed by atoms with Crippen LogP contribution in [-0.4, -0.2) is 33.3 Å². The first kappa shape index (κ1) is 14.3. The van der Waals surface area contributed by atoms with Gasteiger partial charge >= 0.3 is 7.12 Å². The van der Waals surface area contributed by atoms with Crippen LogP contribution in [0.25, 0.3) is 5.69 Å². The lowest BCUT2D eigenvalue weighted by Crippen LogP contribution is -2.41. The van der Waals surface area contributed by atoms with Crippen LogP contribution in [0, 0.1) is 6.92 Å². The summed E-state index contributed by atoms with van der Waals surface area (Å²) >= 11 is 0. The summed E-state index contributed by atoms with van der Waals surface area (Å²) in [4.78, 5) is 0. The van der Waals surface area contributed by atoms with Gasteiger partial charge in [0.05, 0.1) is 28.8 Å². The van der Waals surface area contributed by atoms with E-state index in [-0.39, 0.29) is 18.3 Å². The van der Waals surface area contributed by atoms with E-state index in [9.17, 15) is 0 Å². The summed E-state index contributed by atoms with van der Waals surface area (Å²) in [5.41, 5.74) is 2.34. The highest BCUT2D eigenvalue weighted by atomic mass is 16.7. The molecule has 0 atom stereocenters. The average molecular weight is 285 g/mol. The summed E-state index contributed by atoms with van der Waals surface area (Å²) in [6.45, 7) is 10.2. The van der Waals surface area contributed by atoms with Crippen molar-refractivity contribution in [3.63, 3.8) is 0 Å². The summed E-state index contributed by atoms with van der Waals surface area (Å²) in [6, 6.07) is 8.03. The molecule has 1 aliphatic rings. The predicted octanol–water partition coefficient (Wildman–Crippen LogP) is 1.87. The molecular formula is C15H20BN3O2. The van der Waals surface area contributed by atoms with Gasteiger partial charge in [0.25, 0.3) is 0 Å². The van der Waals surface area contributed by atoms with Crippen molar-refractivity contribution in [3.05, 3.63) is 36.2 Å². The zero-order valence-electron chi connectivity index (χ0n) is 13.1. The summed E-state index contributed by atoms with van der Waals surface area (Å²) in [5, 5.41) is 7.96. The van der Waals surface area contributed by atoms with Crippen molar-refractivity contribution in [2.45, 2.75) is 45.8 Å². The van der Waals surface area contributed by atoms with Crippen LogP contribution in [0.15, 0.2) is 30.5 Å². The first-order chi connectivity index (χ1) is 9.80. The molecule has 1 aromatic carbocycles. The summed E-state index contributed by atoms with van der Waals surface area (Å²) < 4.78 is 13.9. The van der Waals surface area contributed by atoms with Crippen LogP contribution in [0.1, 0.15) is 33.4 Å². The van der Waals surface area contributed by atoms with Crippen LogP contribution in [0.2, 0.25) is 0 Å². The Kier molecular flexibility index (Phi) is 3.18. The first-order valence-corrected chi connectivity index (χ1v) is 7.13. The molecule has 21 heavy (non-hydrogen) atoms. The Morgan fingerprint density at radius 3 is 2.05 bits per heavy atom. The smallest absolute Gasteiger partial charge is 0.399 e. The molecule has 2 heterocycles. The van der Waals surface area contributed by atoms with Crippen LogP contribution in [0.4, 0.5) is 0 Å². The zero-order chi connectivity index (χ0) is 15.3. The van der Waals surface area contributed by atoms with Gasteiger partial charge in [0.2, 0.25) is 0 Å².